The third kappa shape index (κ3) is 6.38. The maximum absolute atomic E-state index is 12.5. The van der Waals surface area contributed by atoms with Gasteiger partial charge in [-0.15, -0.1) is 0 Å². The van der Waals surface area contributed by atoms with Gasteiger partial charge >= 0.3 is 6.18 Å². The van der Waals surface area contributed by atoms with Crippen LogP contribution in [0, 0.1) is 0 Å². The summed E-state index contributed by atoms with van der Waals surface area (Å²) in [5.74, 6) is -0.596. The fourth-order valence-electron chi connectivity index (χ4n) is 2.54. The van der Waals surface area contributed by atoms with Gasteiger partial charge < -0.3 is 15.4 Å². The van der Waals surface area contributed by atoms with E-state index < -0.39 is 17.6 Å². The van der Waals surface area contributed by atoms with Crippen LogP contribution >= 0.6 is 0 Å². The Morgan fingerprint density at radius 3 is 2.40 bits per heavy atom. The standard InChI is InChI=1S/C17H21F3N2O3/c18-17(19,20)13-5-3-12(4-6-13)16(24)22-10-9-21-15(23)8-7-14-2-1-11-25-14/h3-6,14H,1-2,7-11H2,(H,21,23)(H,22,24). The van der Waals surface area contributed by atoms with Crippen molar-refractivity contribution < 1.29 is 27.5 Å². The first-order valence-corrected chi connectivity index (χ1v) is 8.20. The predicted octanol–water partition coefficient (Wildman–Crippen LogP) is 2.51. The minimum Gasteiger partial charge on any atom is -0.378 e. The van der Waals surface area contributed by atoms with Gasteiger partial charge in [-0.25, -0.2) is 0 Å². The Balaban J connectivity index is 1.63. The molecule has 1 unspecified atom stereocenters. The van der Waals surface area contributed by atoms with E-state index in [1.165, 1.54) is 0 Å². The lowest BCUT2D eigenvalue weighted by Gasteiger charge is -2.10. The van der Waals surface area contributed by atoms with Crippen molar-refractivity contribution in [2.24, 2.45) is 0 Å². The van der Waals surface area contributed by atoms with E-state index in [0.717, 1.165) is 43.7 Å². The molecule has 25 heavy (non-hydrogen) atoms. The molecule has 5 nitrogen and oxygen atoms in total. The Morgan fingerprint density at radius 1 is 1.12 bits per heavy atom. The van der Waals surface area contributed by atoms with Crippen molar-refractivity contribution in [1.29, 1.82) is 0 Å². The first-order chi connectivity index (χ1) is 11.9. The van der Waals surface area contributed by atoms with Gasteiger partial charge in [-0.1, -0.05) is 0 Å². The van der Waals surface area contributed by atoms with Crippen LogP contribution in [0.5, 0.6) is 0 Å². The number of amides is 2. The van der Waals surface area contributed by atoms with E-state index in [0.29, 0.717) is 12.8 Å². The molecule has 2 amide bonds. The Morgan fingerprint density at radius 2 is 1.80 bits per heavy atom. The number of ether oxygens (including phenoxy) is 1. The molecule has 8 heteroatoms. The summed E-state index contributed by atoms with van der Waals surface area (Å²) in [6, 6.07) is 3.97. The maximum Gasteiger partial charge on any atom is 0.416 e. The van der Waals surface area contributed by atoms with Crippen molar-refractivity contribution in [2.45, 2.75) is 38.0 Å². The van der Waals surface area contributed by atoms with Crippen LogP contribution in [0.2, 0.25) is 0 Å². The lowest BCUT2D eigenvalue weighted by molar-refractivity contribution is -0.137. The monoisotopic (exact) mass is 358 g/mol. The highest BCUT2D eigenvalue weighted by molar-refractivity contribution is 5.94. The zero-order chi connectivity index (χ0) is 18.3. The van der Waals surface area contributed by atoms with Gasteiger partial charge in [-0.05, 0) is 43.5 Å². The maximum atomic E-state index is 12.5. The molecule has 0 spiro atoms. The summed E-state index contributed by atoms with van der Waals surface area (Å²) in [7, 11) is 0. The average Bonchev–Trinajstić information content (AvgIpc) is 3.09. The minimum absolute atomic E-state index is 0.112. The van der Waals surface area contributed by atoms with E-state index in [1.54, 1.807) is 0 Å². The van der Waals surface area contributed by atoms with Crippen molar-refractivity contribution in [3.63, 3.8) is 0 Å². The lowest BCUT2D eigenvalue weighted by Crippen LogP contribution is -2.34. The molecule has 0 bridgehead atoms. The fourth-order valence-corrected chi connectivity index (χ4v) is 2.54. The van der Waals surface area contributed by atoms with E-state index in [1.807, 2.05) is 0 Å². The molecule has 1 fully saturated rings. The highest BCUT2D eigenvalue weighted by Crippen LogP contribution is 2.29. The fraction of sp³-hybridized carbons (Fsp3) is 0.529. The molecule has 1 aliphatic heterocycles. The number of halogens is 3. The number of carbonyl (C=O) groups is 2. The highest BCUT2D eigenvalue weighted by atomic mass is 19.4. The summed E-state index contributed by atoms with van der Waals surface area (Å²) in [6.45, 7) is 1.21. The molecule has 1 aromatic carbocycles. The van der Waals surface area contributed by atoms with Crippen molar-refractivity contribution >= 4 is 11.8 Å². The van der Waals surface area contributed by atoms with Gasteiger partial charge in [0.15, 0.2) is 0 Å². The predicted molar refractivity (Wildman–Crippen MR) is 85.0 cm³/mol. The second-order valence-corrected chi connectivity index (χ2v) is 5.85. The van der Waals surface area contributed by atoms with Crippen LogP contribution in [0.15, 0.2) is 24.3 Å². The zero-order valence-corrected chi connectivity index (χ0v) is 13.7. The largest absolute Gasteiger partial charge is 0.416 e. The second-order valence-electron chi connectivity index (χ2n) is 5.85. The smallest absolute Gasteiger partial charge is 0.378 e. The molecule has 1 heterocycles. The molecule has 1 aromatic rings. The van der Waals surface area contributed by atoms with Gasteiger partial charge in [-0.2, -0.15) is 13.2 Å². The van der Waals surface area contributed by atoms with Crippen molar-refractivity contribution in [1.82, 2.24) is 10.6 Å². The van der Waals surface area contributed by atoms with Crippen molar-refractivity contribution in [2.75, 3.05) is 19.7 Å². The van der Waals surface area contributed by atoms with Gasteiger partial charge in [0.1, 0.15) is 0 Å². The van der Waals surface area contributed by atoms with E-state index in [9.17, 15) is 22.8 Å². The quantitative estimate of drug-likeness (QED) is 0.736. The van der Waals surface area contributed by atoms with Gasteiger partial charge in [0, 0.05) is 31.7 Å². The summed E-state index contributed by atoms with van der Waals surface area (Å²) in [5.41, 5.74) is -0.666. The summed E-state index contributed by atoms with van der Waals surface area (Å²) >= 11 is 0. The molecule has 2 N–H and O–H groups in total. The summed E-state index contributed by atoms with van der Waals surface area (Å²) < 4.78 is 42.8. The normalized spacial score (nSPS) is 17.3. The molecule has 2 rings (SSSR count). The number of alkyl halides is 3. The number of nitrogens with one attached hydrogen (secondary N) is 2. The van der Waals surface area contributed by atoms with E-state index >= 15 is 0 Å². The third-order valence-corrected chi connectivity index (χ3v) is 3.92. The van der Waals surface area contributed by atoms with E-state index in [2.05, 4.69) is 10.6 Å². The number of rotatable bonds is 7. The lowest BCUT2D eigenvalue weighted by atomic mass is 10.1. The highest BCUT2D eigenvalue weighted by Gasteiger charge is 2.30. The van der Waals surface area contributed by atoms with Gasteiger partial charge in [0.2, 0.25) is 5.91 Å². The van der Waals surface area contributed by atoms with Crippen LogP contribution in [0.4, 0.5) is 13.2 Å². The number of hydrogen-bond donors (Lipinski definition) is 2. The molecule has 0 aromatic heterocycles. The molecule has 1 aliphatic rings. The molecule has 0 aliphatic carbocycles. The molecular weight excluding hydrogens is 337 g/mol. The Labute approximate surface area is 143 Å². The summed E-state index contributed by atoms with van der Waals surface area (Å²) in [4.78, 5) is 23.5. The average molecular weight is 358 g/mol. The van der Waals surface area contributed by atoms with Gasteiger partial charge in [-0.3, -0.25) is 9.59 Å². The Hall–Kier alpha value is -2.09. The van der Waals surface area contributed by atoms with Crippen molar-refractivity contribution in [3.05, 3.63) is 35.4 Å². The van der Waals surface area contributed by atoms with E-state index in [4.69, 9.17) is 4.74 Å². The summed E-state index contributed by atoms with van der Waals surface area (Å²) in [6.07, 6.45) is -1.20. The molecule has 1 saturated heterocycles. The molecule has 138 valence electrons. The van der Waals surface area contributed by atoms with Gasteiger partial charge in [0.25, 0.3) is 5.91 Å². The zero-order valence-electron chi connectivity index (χ0n) is 13.7. The van der Waals surface area contributed by atoms with Crippen LogP contribution in [0.1, 0.15) is 41.6 Å². The first kappa shape index (κ1) is 19.2. The summed E-state index contributed by atoms with van der Waals surface area (Å²) in [5, 5.41) is 5.23. The second kappa shape index (κ2) is 8.84. The molecule has 0 saturated carbocycles. The molecule has 0 radical (unpaired) electrons. The number of benzene rings is 1. The Bertz CT molecular complexity index is 582. The minimum atomic E-state index is -4.43. The third-order valence-electron chi connectivity index (χ3n) is 3.92. The molecular formula is C17H21F3N2O3. The Kier molecular flexibility index (Phi) is 6.81. The topological polar surface area (TPSA) is 67.4 Å². The van der Waals surface area contributed by atoms with Crippen molar-refractivity contribution in [3.8, 4) is 0 Å². The number of carbonyl (C=O) groups excluding carboxylic acids is 2. The number of hydrogen-bond acceptors (Lipinski definition) is 3. The van der Waals surface area contributed by atoms with Crippen LogP contribution in [0.25, 0.3) is 0 Å². The SMILES string of the molecule is O=C(CCC1CCCO1)NCCNC(=O)c1ccc(C(F)(F)F)cc1. The molecule has 1 atom stereocenters. The first-order valence-electron chi connectivity index (χ1n) is 8.20. The van der Waals surface area contributed by atoms with Crippen LogP contribution in [0.3, 0.4) is 0 Å². The van der Waals surface area contributed by atoms with Crippen LogP contribution in [-0.4, -0.2) is 37.6 Å². The van der Waals surface area contributed by atoms with Gasteiger partial charge in [0.05, 0.1) is 11.7 Å². The van der Waals surface area contributed by atoms with Crippen LogP contribution in [-0.2, 0) is 15.7 Å². The van der Waals surface area contributed by atoms with Crippen LogP contribution < -0.4 is 10.6 Å². The van der Waals surface area contributed by atoms with E-state index in [-0.39, 0.29) is 30.7 Å².